The quantitative estimate of drug-likeness (QED) is 0.885. The Balaban J connectivity index is 1.42. The van der Waals surface area contributed by atoms with Crippen LogP contribution in [-0.4, -0.2) is 30.1 Å². The zero-order valence-corrected chi connectivity index (χ0v) is 14.3. The number of rotatable bonds is 4. The Morgan fingerprint density at radius 1 is 1.23 bits per heavy atom. The molecular formula is C19H20FN5O. The van der Waals surface area contributed by atoms with E-state index in [0.717, 1.165) is 37.3 Å². The second kappa shape index (κ2) is 8.30. The fraction of sp³-hybridized carbons (Fsp3) is 0.316. The van der Waals surface area contributed by atoms with Gasteiger partial charge in [-0.3, -0.25) is 0 Å². The molecular weight excluding hydrogens is 333 g/mol. The van der Waals surface area contributed by atoms with Gasteiger partial charge in [0.25, 0.3) is 0 Å². The maximum absolute atomic E-state index is 12.9. The maximum atomic E-state index is 12.9. The third-order valence-corrected chi connectivity index (χ3v) is 4.40. The van der Waals surface area contributed by atoms with Gasteiger partial charge in [0, 0.05) is 31.9 Å². The van der Waals surface area contributed by atoms with Crippen LogP contribution in [0, 0.1) is 17.1 Å². The zero-order chi connectivity index (χ0) is 18.4. The van der Waals surface area contributed by atoms with Crippen LogP contribution in [0.4, 0.5) is 15.0 Å². The molecule has 6 nitrogen and oxygen atoms in total. The summed E-state index contributed by atoms with van der Waals surface area (Å²) in [7, 11) is 0. The Hall–Kier alpha value is -3.14. The van der Waals surface area contributed by atoms with Gasteiger partial charge in [0.15, 0.2) is 0 Å². The molecule has 1 aromatic carbocycles. The molecule has 0 aliphatic carbocycles. The van der Waals surface area contributed by atoms with E-state index >= 15 is 0 Å². The minimum absolute atomic E-state index is 0.109. The van der Waals surface area contributed by atoms with Crippen molar-refractivity contribution in [2.24, 2.45) is 0 Å². The lowest BCUT2D eigenvalue weighted by atomic mass is 10.1. The first kappa shape index (κ1) is 17.7. The lowest BCUT2D eigenvalue weighted by Crippen LogP contribution is -2.48. The van der Waals surface area contributed by atoms with Crippen molar-refractivity contribution in [3.05, 3.63) is 59.5 Å². The number of hydrogen-bond acceptors (Lipinski definition) is 4. The van der Waals surface area contributed by atoms with Gasteiger partial charge in [0.05, 0.1) is 5.56 Å². The number of anilines is 1. The monoisotopic (exact) mass is 353 g/mol. The van der Waals surface area contributed by atoms with Crippen LogP contribution < -0.4 is 15.5 Å². The van der Waals surface area contributed by atoms with E-state index in [1.54, 1.807) is 24.4 Å². The highest BCUT2D eigenvalue weighted by Gasteiger charge is 2.21. The number of nitriles is 1. The Kier molecular flexibility index (Phi) is 5.64. The molecule has 1 fully saturated rings. The highest BCUT2D eigenvalue weighted by molar-refractivity contribution is 5.74. The van der Waals surface area contributed by atoms with E-state index in [9.17, 15) is 9.18 Å². The first-order valence-corrected chi connectivity index (χ1v) is 8.54. The number of halogens is 1. The maximum Gasteiger partial charge on any atom is 0.315 e. The van der Waals surface area contributed by atoms with Crippen molar-refractivity contribution < 1.29 is 9.18 Å². The Morgan fingerprint density at radius 3 is 2.58 bits per heavy atom. The molecule has 1 aliphatic rings. The standard InChI is InChI=1S/C19H20FN5O/c20-16-4-1-14(2-5-16)12-23-19(26)24-17-7-9-25(10-8-17)18-6-3-15(11-21)13-22-18/h1-6,13,17H,7-10,12H2,(H2,23,24,26). The van der Waals surface area contributed by atoms with Gasteiger partial charge in [0.1, 0.15) is 17.7 Å². The molecule has 26 heavy (non-hydrogen) atoms. The Bertz CT molecular complexity index is 777. The van der Waals surface area contributed by atoms with Crippen LogP contribution in [0.1, 0.15) is 24.0 Å². The van der Waals surface area contributed by atoms with Gasteiger partial charge in [0.2, 0.25) is 0 Å². The van der Waals surface area contributed by atoms with Gasteiger partial charge >= 0.3 is 6.03 Å². The van der Waals surface area contributed by atoms with Crippen LogP contribution in [0.2, 0.25) is 0 Å². The van der Waals surface area contributed by atoms with Gasteiger partial charge in [-0.15, -0.1) is 0 Å². The number of urea groups is 1. The number of pyridine rings is 1. The number of amides is 2. The summed E-state index contributed by atoms with van der Waals surface area (Å²) in [4.78, 5) is 18.5. The molecule has 1 aliphatic heterocycles. The molecule has 0 radical (unpaired) electrons. The number of benzene rings is 1. The largest absolute Gasteiger partial charge is 0.356 e. The number of nitrogens with one attached hydrogen (secondary N) is 2. The minimum Gasteiger partial charge on any atom is -0.356 e. The molecule has 0 spiro atoms. The van der Waals surface area contributed by atoms with Crippen molar-refractivity contribution in [2.75, 3.05) is 18.0 Å². The average Bonchev–Trinajstić information content (AvgIpc) is 2.68. The number of carbonyl (C=O) groups is 1. The van der Waals surface area contributed by atoms with Crippen LogP contribution >= 0.6 is 0 Å². The number of aromatic nitrogens is 1. The highest BCUT2D eigenvalue weighted by Crippen LogP contribution is 2.18. The number of nitrogens with zero attached hydrogens (tertiary/aromatic N) is 3. The molecule has 2 heterocycles. The van der Waals surface area contributed by atoms with Gasteiger partial charge < -0.3 is 15.5 Å². The summed E-state index contributed by atoms with van der Waals surface area (Å²) >= 11 is 0. The highest BCUT2D eigenvalue weighted by atomic mass is 19.1. The smallest absolute Gasteiger partial charge is 0.315 e. The SMILES string of the molecule is N#Cc1ccc(N2CCC(NC(=O)NCc3ccc(F)cc3)CC2)nc1. The van der Waals surface area contributed by atoms with Gasteiger partial charge in [-0.05, 0) is 42.7 Å². The molecule has 0 saturated carbocycles. The zero-order valence-electron chi connectivity index (χ0n) is 14.3. The van der Waals surface area contributed by atoms with E-state index in [4.69, 9.17) is 5.26 Å². The van der Waals surface area contributed by atoms with Crippen LogP contribution in [0.25, 0.3) is 0 Å². The molecule has 1 aromatic heterocycles. The fourth-order valence-corrected chi connectivity index (χ4v) is 2.91. The molecule has 0 bridgehead atoms. The summed E-state index contributed by atoms with van der Waals surface area (Å²) in [6.45, 7) is 1.95. The van der Waals surface area contributed by atoms with E-state index < -0.39 is 0 Å². The summed E-state index contributed by atoms with van der Waals surface area (Å²) in [5.41, 5.74) is 1.39. The lowest BCUT2D eigenvalue weighted by molar-refractivity contribution is 0.234. The van der Waals surface area contributed by atoms with E-state index in [2.05, 4.69) is 26.6 Å². The molecule has 7 heteroatoms. The van der Waals surface area contributed by atoms with Crippen molar-refractivity contribution in [1.29, 1.82) is 5.26 Å². The third-order valence-electron chi connectivity index (χ3n) is 4.40. The molecule has 134 valence electrons. The van der Waals surface area contributed by atoms with Crippen molar-refractivity contribution in [2.45, 2.75) is 25.4 Å². The molecule has 0 atom stereocenters. The van der Waals surface area contributed by atoms with Crippen LogP contribution in [-0.2, 0) is 6.54 Å². The predicted octanol–water partition coefficient (Wildman–Crippen LogP) is 2.56. The molecule has 2 N–H and O–H groups in total. The van der Waals surface area contributed by atoms with Crippen LogP contribution in [0.5, 0.6) is 0 Å². The van der Waals surface area contributed by atoms with Crippen LogP contribution in [0.15, 0.2) is 42.6 Å². The topological polar surface area (TPSA) is 81.0 Å². The first-order valence-electron chi connectivity index (χ1n) is 8.54. The molecule has 2 aromatic rings. The van der Waals surface area contributed by atoms with Crippen molar-refractivity contribution >= 4 is 11.8 Å². The molecule has 0 unspecified atom stereocenters. The van der Waals surface area contributed by atoms with Crippen molar-refractivity contribution in [3.63, 3.8) is 0 Å². The van der Waals surface area contributed by atoms with Crippen LogP contribution in [0.3, 0.4) is 0 Å². The van der Waals surface area contributed by atoms with E-state index in [-0.39, 0.29) is 17.9 Å². The summed E-state index contributed by atoms with van der Waals surface area (Å²) in [5.74, 6) is 0.560. The predicted molar refractivity (Wildman–Crippen MR) is 96.0 cm³/mol. The number of hydrogen-bond donors (Lipinski definition) is 2. The molecule has 2 amide bonds. The second-order valence-corrected chi connectivity index (χ2v) is 6.23. The van der Waals surface area contributed by atoms with Crippen molar-refractivity contribution in [3.8, 4) is 6.07 Å². The van der Waals surface area contributed by atoms with E-state index in [1.807, 2.05) is 6.07 Å². The minimum atomic E-state index is -0.290. The first-order chi connectivity index (χ1) is 12.6. The summed E-state index contributed by atoms with van der Waals surface area (Å²) < 4.78 is 12.9. The van der Waals surface area contributed by atoms with Crippen molar-refractivity contribution in [1.82, 2.24) is 15.6 Å². The Morgan fingerprint density at radius 2 is 1.96 bits per heavy atom. The summed E-state index contributed by atoms with van der Waals surface area (Å²) in [6, 6.07) is 11.6. The number of carbonyl (C=O) groups excluding carboxylic acids is 1. The van der Waals surface area contributed by atoms with Gasteiger partial charge in [-0.1, -0.05) is 12.1 Å². The normalized spacial score (nSPS) is 14.5. The van der Waals surface area contributed by atoms with Gasteiger partial charge in [-0.25, -0.2) is 14.2 Å². The third kappa shape index (κ3) is 4.70. The van der Waals surface area contributed by atoms with E-state index in [0.29, 0.717) is 12.1 Å². The number of piperidine rings is 1. The fourth-order valence-electron chi connectivity index (χ4n) is 2.91. The molecule has 1 saturated heterocycles. The average molecular weight is 353 g/mol. The molecule has 3 rings (SSSR count). The van der Waals surface area contributed by atoms with Gasteiger partial charge in [-0.2, -0.15) is 5.26 Å². The second-order valence-electron chi connectivity index (χ2n) is 6.23. The lowest BCUT2D eigenvalue weighted by Gasteiger charge is -2.33. The van der Waals surface area contributed by atoms with E-state index in [1.165, 1.54) is 12.1 Å². The Labute approximate surface area is 151 Å². The summed E-state index contributed by atoms with van der Waals surface area (Å²) in [5, 5.41) is 14.6. The summed E-state index contributed by atoms with van der Waals surface area (Å²) in [6.07, 6.45) is 3.22.